The van der Waals surface area contributed by atoms with E-state index < -0.39 is 0 Å². The van der Waals surface area contributed by atoms with Crippen LogP contribution >= 0.6 is 0 Å². The van der Waals surface area contributed by atoms with Crippen LogP contribution < -0.4 is 10.6 Å². The van der Waals surface area contributed by atoms with Gasteiger partial charge in [0.25, 0.3) is 5.91 Å². The highest BCUT2D eigenvalue weighted by molar-refractivity contribution is 5.96. The Morgan fingerprint density at radius 1 is 1.15 bits per heavy atom. The van der Waals surface area contributed by atoms with Crippen LogP contribution in [0.1, 0.15) is 49.0 Å². The highest BCUT2D eigenvalue weighted by atomic mass is 16.1. The van der Waals surface area contributed by atoms with Crippen molar-refractivity contribution in [1.82, 2.24) is 5.32 Å². The lowest BCUT2D eigenvalue weighted by atomic mass is 9.80. The van der Waals surface area contributed by atoms with Crippen molar-refractivity contribution < 1.29 is 4.79 Å². The summed E-state index contributed by atoms with van der Waals surface area (Å²) in [6.07, 6.45) is 3.76. The molecule has 0 aromatic heterocycles. The third kappa shape index (κ3) is 3.33. The molecule has 2 atom stereocenters. The van der Waals surface area contributed by atoms with Crippen molar-refractivity contribution in [2.75, 3.05) is 12.4 Å². The van der Waals surface area contributed by atoms with E-state index in [1.165, 1.54) is 19.3 Å². The molecule has 3 heteroatoms. The summed E-state index contributed by atoms with van der Waals surface area (Å²) in [5.41, 5.74) is 2.89. The van der Waals surface area contributed by atoms with Crippen LogP contribution in [0.2, 0.25) is 0 Å². The van der Waals surface area contributed by atoms with E-state index in [9.17, 15) is 4.79 Å². The van der Waals surface area contributed by atoms with E-state index in [4.69, 9.17) is 0 Å². The SMILES string of the molecule is CNC(=O)c1cccc(NC2CC(C)CC(C)C2)c1C. The zero-order chi connectivity index (χ0) is 14.7. The van der Waals surface area contributed by atoms with Gasteiger partial charge in [0.2, 0.25) is 0 Å². The Balaban J connectivity index is 2.15. The lowest BCUT2D eigenvalue weighted by Crippen LogP contribution is -2.30. The minimum atomic E-state index is -0.0171. The van der Waals surface area contributed by atoms with Crippen molar-refractivity contribution in [3.63, 3.8) is 0 Å². The molecule has 2 unspecified atom stereocenters. The monoisotopic (exact) mass is 274 g/mol. The molecule has 0 spiro atoms. The molecule has 3 nitrogen and oxygen atoms in total. The van der Waals surface area contributed by atoms with Crippen molar-refractivity contribution in [1.29, 1.82) is 0 Å². The van der Waals surface area contributed by atoms with E-state index in [0.717, 1.165) is 28.7 Å². The summed E-state index contributed by atoms with van der Waals surface area (Å²) in [4.78, 5) is 11.8. The number of carbonyl (C=O) groups is 1. The van der Waals surface area contributed by atoms with Gasteiger partial charge in [-0.15, -0.1) is 0 Å². The lowest BCUT2D eigenvalue weighted by Gasteiger charge is -2.33. The van der Waals surface area contributed by atoms with E-state index in [1.807, 2.05) is 19.1 Å². The molecule has 0 radical (unpaired) electrons. The second-order valence-corrected chi connectivity index (χ2v) is 6.32. The zero-order valence-corrected chi connectivity index (χ0v) is 13.0. The van der Waals surface area contributed by atoms with Gasteiger partial charge < -0.3 is 10.6 Å². The standard InChI is InChI=1S/C17H26N2O/c1-11-8-12(2)10-14(9-11)19-16-7-5-6-15(13(16)3)17(20)18-4/h5-7,11-12,14,19H,8-10H2,1-4H3,(H,18,20). The predicted octanol–water partition coefficient (Wildman–Crippen LogP) is 3.59. The lowest BCUT2D eigenvalue weighted by molar-refractivity contribution is 0.0962. The molecule has 2 N–H and O–H groups in total. The number of hydrogen-bond acceptors (Lipinski definition) is 2. The predicted molar refractivity (Wildman–Crippen MR) is 84.2 cm³/mol. The third-order valence-electron chi connectivity index (χ3n) is 4.34. The van der Waals surface area contributed by atoms with Crippen molar-refractivity contribution >= 4 is 11.6 Å². The summed E-state index contributed by atoms with van der Waals surface area (Å²) in [5, 5.41) is 6.35. The quantitative estimate of drug-likeness (QED) is 0.884. The van der Waals surface area contributed by atoms with Gasteiger partial charge in [0.1, 0.15) is 0 Å². The Hall–Kier alpha value is -1.51. The average Bonchev–Trinajstić information content (AvgIpc) is 2.39. The number of rotatable bonds is 3. The molecule has 1 amide bonds. The Kier molecular flexibility index (Phi) is 4.69. The maximum Gasteiger partial charge on any atom is 0.251 e. The Morgan fingerprint density at radius 2 is 1.80 bits per heavy atom. The van der Waals surface area contributed by atoms with Gasteiger partial charge in [-0.2, -0.15) is 0 Å². The maximum atomic E-state index is 11.8. The second kappa shape index (κ2) is 6.29. The summed E-state index contributed by atoms with van der Waals surface area (Å²) in [5.74, 6) is 1.54. The molecule has 1 fully saturated rings. The van der Waals surface area contributed by atoms with Gasteiger partial charge in [-0.25, -0.2) is 0 Å². The van der Waals surface area contributed by atoms with Gasteiger partial charge in [-0.1, -0.05) is 19.9 Å². The minimum Gasteiger partial charge on any atom is -0.382 e. The molecule has 0 aliphatic heterocycles. The van der Waals surface area contributed by atoms with Gasteiger partial charge in [-0.3, -0.25) is 4.79 Å². The summed E-state index contributed by atoms with van der Waals surface area (Å²) in [6.45, 7) is 6.68. The van der Waals surface area contributed by atoms with Crippen LogP contribution in [0.3, 0.4) is 0 Å². The van der Waals surface area contributed by atoms with Crippen LogP contribution in [0.15, 0.2) is 18.2 Å². The molecule has 2 rings (SSSR count). The highest BCUT2D eigenvalue weighted by Gasteiger charge is 2.24. The van der Waals surface area contributed by atoms with Crippen LogP contribution in [-0.4, -0.2) is 19.0 Å². The van der Waals surface area contributed by atoms with Crippen LogP contribution in [0, 0.1) is 18.8 Å². The van der Waals surface area contributed by atoms with Crippen LogP contribution in [0.4, 0.5) is 5.69 Å². The molecule has 110 valence electrons. The molecule has 1 saturated carbocycles. The summed E-state index contributed by atoms with van der Waals surface area (Å²) in [7, 11) is 1.67. The van der Waals surface area contributed by atoms with Crippen LogP contribution in [0.5, 0.6) is 0 Å². The summed E-state index contributed by atoms with van der Waals surface area (Å²) < 4.78 is 0. The van der Waals surface area contributed by atoms with E-state index in [1.54, 1.807) is 7.05 Å². The first-order chi connectivity index (χ1) is 9.51. The molecule has 1 aromatic rings. The fourth-order valence-electron chi connectivity index (χ4n) is 3.46. The average molecular weight is 274 g/mol. The first-order valence-electron chi connectivity index (χ1n) is 7.59. The van der Waals surface area contributed by atoms with Crippen molar-refractivity contribution in [2.24, 2.45) is 11.8 Å². The molecule has 1 aliphatic rings. The number of amides is 1. The third-order valence-corrected chi connectivity index (χ3v) is 4.34. The fraction of sp³-hybridized carbons (Fsp3) is 0.588. The van der Waals surface area contributed by atoms with Gasteiger partial charge in [-0.05, 0) is 55.7 Å². The zero-order valence-electron chi connectivity index (χ0n) is 13.0. The Labute approximate surface area is 122 Å². The Bertz CT molecular complexity index is 474. The van der Waals surface area contributed by atoms with Gasteiger partial charge in [0.15, 0.2) is 0 Å². The molecule has 0 saturated heterocycles. The minimum absolute atomic E-state index is 0.0171. The number of carbonyl (C=O) groups excluding carboxylic acids is 1. The smallest absolute Gasteiger partial charge is 0.251 e. The normalized spacial score (nSPS) is 26.1. The molecular weight excluding hydrogens is 248 g/mol. The Morgan fingerprint density at radius 3 is 2.40 bits per heavy atom. The highest BCUT2D eigenvalue weighted by Crippen LogP contribution is 2.31. The summed E-state index contributed by atoms with van der Waals surface area (Å²) in [6, 6.07) is 6.43. The largest absolute Gasteiger partial charge is 0.382 e. The van der Waals surface area contributed by atoms with Crippen molar-refractivity contribution in [3.8, 4) is 0 Å². The van der Waals surface area contributed by atoms with E-state index in [2.05, 4.69) is 30.5 Å². The topological polar surface area (TPSA) is 41.1 Å². The van der Waals surface area contributed by atoms with E-state index in [-0.39, 0.29) is 5.91 Å². The van der Waals surface area contributed by atoms with E-state index in [0.29, 0.717) is 6.04 Å². The molecule has 20 heavy (non-hydrogen) atoms. The van der Waals surface area contributed by atoms with Gasteiger partial charge in [0, 0.05) is 24.3 Å². The van der Waals surface area contributed by atoms with Crippen molar-refractivity contribution in [2.45, 2.75) is 46.1 Å². The van der Waals surface area contributed by atoms with E-state index >= 15 is 0 Å². The van der Waals surface area contributed by atoms with Gasteiger partial charge in [0.05, 0.1) is 0 Å². The molecular formula is C17H26N2O. The summed E-state index contributed by atoms with van der Waals surface area (Å²) >= 11 is 0. The number of nitrogens with one attached hydrogen (secondary N) is 2. The first kappa shape index (κ1) is 14.9. The molecule has 0 heterocycles. The maximum absolute atomic E-state index is 11.8. The molecule has 1 aromatic carbocycles. The van der Waals surface area contributed by atoms with Crippen LogP contribution in [-0.2, 0) is 0 Å². The van der Waals surface area contributed by atoms with Crippen LogP contribution in [0.25, 0.3) is 0 Å². The number of benzene rings is 1. The fourth-order valence-corrected chi connectivity index (χ4v) is 3.46. The molecule has 0 bridgehead atoms. The molecule has 1 aliphatic carbocycles. The van der Waals surface area contributed by atoms with Gasteiger partial charge >= 0.3 is 0 Å². The van der Waals surface area contributed by atoms with Crippen molar-refractivity contribution in [3.05, 3.63) is 29.3 Å². The number of hydrogen-bond donors (Lipinski definition) is 2. The second-order valence-electron chi connectivity index (χ2n) is 6.32. The first-order valence-corrected chi connectivity index (χ1v) is 7.59. The number of anilines is 1.